The van der Waals surface area contributed by atoms with E-state index in [0.717, 1.165) is 0 Å². The van der Waals surface area contributed by atoms with E-state index in [1.807, 2.05) is 0 Å². The number of hydrogen-bond acceptors (Lipinski definition) is 2. The smallest absolute Gasteiger partial charge is 0.126 e. The average Bonchev–Trinajstić information content (AvgIpc) is 2.15. The molecule has 0 radical (unpaired) electrons. The Labute approximate surface area is 76.3 Å². The second-order valence-corrected chi connectivity index (χ2v) is 2.47. The highest BCUT2D eigenvalue weighted by Gasteiger charge is 1.99. The van der Waals surface area contributed by atoms with Gasteiger partial charge in [0.05, 0.1) is 13.7 Å². The Kier molecular flexibility index (Phi) is 3.46. The molecular weight excluding hydrogens is 171 g/mol. The Morgan fingerprint density at radius 1 is 1.54 bits per heavy atom. The zero-order chi connectivity index (χ0) is 9.68. The molecule has 0 fully saturated rings. The van der Waals surface area contributed by atoms with E-state index in [2.05, 4.69) is 0 Å². The normalized spacial score (nSPS) is 10.7. The Hall–Kier alpha value is -1.35. The van der Waals surface area contributed by atoms with Crippen molar-refractivity contribution >= 4 is 6.08 Å². The first-order valence-electron chi connectivity index (χ1n) is 3.89. The Morgan fingerprint density at radius 3 is 2.92 bits per heavy atom. The van der Waals surface area contributed by atoms with Crippen molar-refractivity contribution < 1.29 is 14.2 Å². The number of methoxy groups -OCH3 is 1. The molecule has 1 rings (SSSR count). The molecule has 0 aliphatic rings. The van der Waals surface area contributed by atoms with E-state index in [1.165, 1.54) is 25.3 Å². The first-order valence-corrected chi connectivity index (χ1v) is 3.89. The molecule has 0 aromatic heterocycles. The van der Waals surface area contributed by atoms with E-state index in [1.54, 1.807) is 12.1 Å². The van der Waals surface area contributed by atoms with Gasteiger partial charge in [0.2, 0.25) is 0 Å². The molecule has 0 unspecified atom stereocenters. The largest absolute Gasteiger partial charge is 0.496 e. The minimum Gasteiger partial charge on any atom is -0.496 e. The third-order valence-corrected chi connectivity index (χ3v) is 1.59. The average molecular weight is 182 g/mol. The van der Waals surface area contributed by atoms with Crippen molar-refractivity contribution in [2.75, 3.05) is 13.7 Å². The van der Waals surface area contributed by atoms with Gasteiger partial charge in [0.1, 0.15) is 11.6 Å². The standard InChI is InChI=1S/C10H11FO2/c1-13-10-5-4-9(11)7-8(10)3-2-6-12/h2-5,7,12H,6H2,1H3. The molecule has 0 amide bonds. The zero-order valence-corrected chi connectivity index (χ0v) is 7.33. The summed E-state index contributed by atoms with van der Waals surface area (Å²) in [5.41, 5.74) is 0.622. The fourth-order valence-electron chi connectivity index (χ4n) is 1.02. The molecule has 0 heterocycles. The molecule has 0 atom stereocenters. The van der Waals surface area contributed by atoms with E-state index in [-0.39, 0.29) is 12.4 Å². The quantitative estimate of drug-likeness (QED) is 0.772. The van der Waals surface area contributed by atoms with Gasteiger partial charge in [-0.3, -0.25) is 0 Å². The zero-order valence-electron chi connectivity index (χ0n) is 7.33. The number of hydrogen-bond donors (Lipinski definition) is 1. The maximum atomic E-state index is 12.8. The minimum atomic E-state index is -0.321. The molecule has 1 aromatic rings. The van der Waals surface area contributed by atoms with E-state index >= 15 is 0 Å². The van der Waals surface area contributed by atoms with Gasteiger partial charge in [0.15, 0.2) is 0 Å². The number of benzene rings is 1. The van der Waals surface area contributed by atoms with E-state index in [4.69, 9.17) is 9.84 Å². The van der Waals surface area contributed by atoms with Gasteiger partial charge in [0, 0.05) is 5.56 Å². The van der Waals surface area contributed by atoms with E-state index in [0.29, 0.717) is 11.3 Å². The van der Waals surface area contributed by atoms with Gasteiger partial charge in [-0.2, -0.15) is 0 Å². The highest BCUT2D eigenvalue weighted by atomic mass is 19.1. The topological polar surface area (TPSA) is 29.5 Å². The van der Waals surface area contributed by atoms with Crippen molar-refractivity contribution in [3.8, 4) is 5.75 Å². The van der Waals surface area contributed by atoms with Crippen LogP contribution in [0.15, 0.2) is 24.3 Å². The molecule has 0 bridgehead atoms. The van der Waals surface area contributed by atoms with Crippen molar-refractivity contribution in [2.24, 2.45) is 0 Å². The monoisotopic (exact) mass is 182 g/mol. The van der Waals surface area contributed by atoms with Crippen LogP contribution in [0.3, 0.4) is 0 Å². The summed E-state index contributed by atoms with van der Waals surface area (Å²) in [7, 11) is 1.52. The summed E-state index contributed by atoms with van der Waals surface area (Å²) in [5, 5.41) is 8.54. The molecule has 2 nitrogen and oxygen atoms in total. The third-order valence-electron chi connectivity index (χ3n) is 1.59. The van der Waals surface area contributed by atoms with Crippen LogP contribution in [0, 0.1) is 5.82 Å². The van der Waals surface area contributed by atoms with Gasteiger partial charge in [0.25, 0.3) is 0 Å². The van der Waals surface area contributed by atoms with Crippen molar-refractivity contribution in [1.82, 2.24) is 0 Å². The van der Waals surface area contributed by atoms with Gasteiger partial charge in [-0.1, -0.05) is 12.2 Å². The second kappa shape index (κ2) is 4.62. The Morgan fingerprint density at radius 2 is 2.31 bits per heavy atom. The molecule has 0 saturated heterocycles. The molecule has 13 heavy (non-hydrogen) atoms. The minimum absolute atomic E-state index is 0.0698. The molecule has 0 saturated carbocycles. The summed E-state index contributed by atoms with van der Waals surface area (Å²) in [6, 6.07) is 4.23. The van der Waals surface area contributed by atoms with Crippen molar-refractivity contribution in [2.45, 2.75) is 0 Å². The summed E-state index contributed by atoms with van der Waals surface area (Å²) >= 11 is 0. The maximum Gasteiger partial charge on any atom is 0.126 e. The van der Waals surface area contributed by atoms with Crippen molar-refractivity contribution in [3.05, 3.63) is 35.7 Å². The summed E-state index contributed by atoms with van der Waals surface area (Å²) in [4.78, 5) is 0. The molecule has 70 valence electrons. The first-order chi connectivity index (χ1) is 6.27. The van der Waals surface area contributed by atoms with Crippen molar-refractivity contribution in [1.29, 1.82) is 0 Å². The van der Waals surface area contributed by atoms with Crippen LogP contribution in [0.5, 0.6) is 5.75 Å². The van der Waals surface area contributed by atoms with E-state index < -0.39 is 0 Å². The van der Waals surface area contributed by atoms with Gasteiger partial charge in [-0.15, -0.1) is 0 Å². The number of aliphatic hydroxyl groups excluding tert-OH is 1. The van der Waals surface area contributed by atoms with Gasteiger partial charge >= 0.3 is 0 Å². The van der Waals surface area contributed by atoms with Crippen LogP contribution >= 0.6 is 0 Å². The number of aliphatic hydroxyl groups is 1. The van der Waals surface area contributed by atoms with Crippen LogP contribution in [0.4, 0.5) is 4.39 Å². The predicted molar refractivity (Wildman–Crippen MR) is 49.1 cm³/mol. The van der Waals surface area contributed by atoms with Crippen LogP contribution < -0.4 is 4.74 Å². The maximum absolute atomic E-state index is 12.8. The highest BCUT2D eigenvalue weighted by Crippen LogP contribution is 2.20. The molecule has 1 N–H and O–H groups in total. The summed E-state index contributed by atoms with van der Waals surface area (Å²) in [6.45, 7) is -0.0698. The molecule has 3 heteroatoms. The van der Waals surface area contributed by atoms with Crippen LogP contribution in [-0.4, -0.2) is 18.8 Å². The Bertz CT molecular complexity index is 308. The first kappa shape index (κ1) is 9.74. The lowest BCUT2D eigenvalue weighted by atomic mass is 10.2. The second-order valence-electron chi connectivity index (χ2n) is 2.47. The predicted octanol–water partition coefficient (Wildman–Crippen LogP) is 1.84. The summed E-state index contributed by atoms with van der Waals surface area (Å²) in [6.07, 6.45) is 3.14. The van der Waals surface area contributed by atoms with Crippen LogP contribution in [0.1, 0.15) is 5.56 Å². The number of halogens is 1. The highest BCUT2D eigenvalue weighted by molar-refractivity contribution is 5.57. The lowest BCUT2D eigenvalue weighted by Crippen LogP contribution is -1.88. The lowest BCUT2D eigenvalue weighted by Gasteiger charge is -2.03. The summed E-state index contributed by atoms with van der Waals surface area (Å²) in [5.74, 6) is 0.268. The number of ether oxygens (including phenoxy) is 1. The number of rotatable bonds is 3. The van der Waals surface area contributed by atoms with Crippen LogP contribution in [0.2, 0.25) is 0 Å². The Balaban J connectivity index is 3.01. The SMILES string of the molecule is COc1ccc(F)cc1C=CCO. The molecule has 0 aliphatic carbocycles. The molecule has 0 aliphatic heterocycles. The molecule has 0 spiro atoms. The van der Waals surface area contributed by atoms with Gasteiger partial charge in [-0.25, -0.2) is 4.39 Å². The molecule has 1 aromatic carbocycles. The van der Waals surface area contributed by atoms with Crippen molar-refractivity contribution in [3.63, 3.8) is 0 Å². The molecular formula is C10H11FO2. The van der Waals surface area contributed by atoms with Gasteiger partial charge < -0.3 is 9.84 Å². The van der Waals surface area contributed by atoms with E-state index in [9.17, 15) is 4.39 Å². The summed E-state index contributed by atoms with van der Waals surface area (Å²) < 4.78 is 17.8. The fourth-order valence-corrected chi connectivity index (χ4v) is 1.02. The lowest BCUT2D eigenvalue weighted by molar-refractivity contribution is 0.343. The van der Waals surface area contributed by atoms with Crippen LogP contribution in [0.25, 0.3) is 6.08 Å². The van der Waals surface area contributed by atoms with Crippen LogP contribution in [-0.2, 0) is 0 Å². The van der Waals surface area contributed by atoms with Gasteiger partial charge in [-0.05, 0) is 18.2 Å². The third kappa shape index (κ3) is 2.56. The fraction of sp³-hybridized carbons (Fsp3) is 0.200.